The monoisotopic (exact) mass is 294 g/mol. The van der Waals surface area contributed by atoms with Crippen LogP contribution in [0.5, 0.6) is 0 Å². The van der Waals surface area contributed by atoms with Crippen molar-refractivity contribution in [3.63, 3.8) is 0 Å². The number of methoxy groups -OCH3 is 1. The first-order chi connectivity index (χ1) is 9.58. The predicted octanol–water partition coefficient (Wildman–Crippen LogP) is 3.28. The van der Waals surface area contributed by atoms with E-state index in [2.05, 4.69) is 0 Å². The minimum Gasteiger partial charge on any atom is -0.465 e. The first-order valence-corrected chi connectivity index (χ1v) is 6.90. The van der Waals surface area contributed by atoms with E-state index in [1.165, 1.54) is 24.5 Å². The highest BCUT2D eigenvalue weighted by atomic mass is 32.1. The van der Waals surface area contributed by atoms with E-state index in [0.29, 0.717) is 16.2 Å². The Balaban J connectivity index is 2.40. The fraction of sp³-hybridized carbons (Fsp3) is 0.286. The summed E-state index contributed by atoms with van der Waals surface area (Å²) in [7, 11) is 1.33. The van der Waals surface area contributed by atoms with E-state index in [0.717, 1.165) is 5.56 Å². The molecule has 2 heterocycles. The van der Waals surface area contributed by atoms with Crippen LogP contribution in [-0.4, -0.2) is 25.7 Å². The molecule has 0 aromatic carbocycles. The van der Waals surface area contributed by atoms with Gasteiger partial charge in [0.25, 0.3) is 0 Å². The SMILES string of the molecule is CCOC(=O)c1ccc(-c2c(C)csc2C(=O)OC)o1. The van der Waals surface area contributed by atoms with Crippen LogP contribution in [0.3, 0.4) is 0 Å². The molecule has 0 saturated heterocycles. The first kappa shape index (κ1) is 14.3. The molecule has 0 unspecified atom stereocenters. The molecule has 0 bridgehead atoms. The molecule has 0 aliphatic heterocycles. The van der Waals surface area contributed by atoms with E-state index in [9.17, 15) is 9.59 Å². The Kier molecular flexibility index (Phi) is 4.24. The van der Waals surface area contributed by atoms with Gasteiger partial charge < -0.3 is 13.9 Å². The molecule has 0 fully saturated rings. The zero-order valence-electron chi connectivity index (χ0n) is 11.4. The second-order valence-corrected chi connectivity index (χ2v) is 4.88. The maximum absolute atomic E-state index is 11.7. The smallest absolute Gasteiger partial charge is 0.374 e. The topological polar surface area (TPSA) is 65.7 Å². The molecule has 0 saturated carbocycles. The molecule has 2 rings (SSSR count). The number of aryl methyl sites for hydroxylation is 1. The Bertz CT molecular complexity index is 638. The lowest BCUT2D eigenvalue weighted by molar-refractivity contribution is 0.0491. The molecular weight excluding hydrogens is 280 g/mol. The summed E-state index contributed by atoms with van der Waals surface area (Å²) in [5, 5.41) is 1.84. The number of carbonyl (C=O) groups is 2. The molecule has 0 aliphatic rings. The summed E-state index contributed by atoms with van der Waals surface area (Å²) < 4.78 is 15.1. The molecule has 5 nitrogen and oxygen atoms in total. The lowest BCUT2D eigenvalue weighted by atomic mass is 10.1. The number of carbonyl (C=O) groups excluding carboxylic acids is 2. The van der Waals surface area contributed by atoms with Crippen molar-refractivity contribution in [3.8, 4) is 11.3 Å². The zero-order valence-corrected chi connectivity index (χ0v) is 12.2. The molecule has 0 radical (unpaired) electrons. The van der Waals surface area contributed by atoms with Crippen molar-refractivity contribution in [2.45, 2.75) is 13.8 Å². The van der Waals surface area contributed by atoms with Crippen LogP contribution in [0.25, 0.3) is 11.3 Å². The fourth-order valence-electron chi connectivity index (χ4n) is 1.78. The molecule has 0 atom stereocenters. The molecule has 2 aromatic rings. The van der Waals surface area contributed by atoms with Crippen molar-refractivity contribution in [3.05, 3.63) is 33.7 Å². The van der Waals surface area contributed by atoms with Crippen molar-refractivity contribution in [1.82, 2.24) is 0 Å². The van der Waals surface area contributed by atoms with Gasteiger partial charge in [0, 0.05) is 5.56 Å². The summed E-state index contributed by atoms with van der Waals surface area (Å²) >= 11 is 1.28. The van der Waals surface area contributed by atoms with Crippen LogP contribution in [0.15, 0.2) is 21.9 Å². The maximum atomic E-state index is 11.7. The molecule has 20 heavy (non-hydrogen) atoms. The summed E-state index contributed by atoms with van der Waals surface area (Å²) in [5.41, 5.74) is 1.54. The van der Waals surface area contributed by atoms with Crippen molar-refractivity contribution in [2.24, 2.45) is 0 Å². The number of thiophene rings is 1. The summed E-state index contributed by atoms with van der Waals surface area (Å²) in [6.07, 6.45) is 0. The predicted molar refractivity (Wildman–Crippen MR) is 74.1 cm³/mol. The Labute approximate surface area is 120 Å². The minimum atomic E-state index is -0.522. The van der Waals surface area contributed by atoms with Gasteiger partial charge in [-0.05, 0) is 36.9 Å². The van der Waals surface area contributed by atoms with Crippen molar-refractivity contribution in [1.29, 1.82) is 0 Å². The van der Waals surface area contributed by atoms with Crippen LogP contribution in [0.4, 0.5) is 0 Å². The maximum Gasteiger partial charge on any atom is 0.374 e. The standard InChI is InChI=1S/C14H14O5S/c1-4-18-13(15)10-6-5-9(19-10)11-8(2)7-20-12(11)14(16)17-3/h5-7H,4H2,1-3H3. The van der Waals surface area contributed by atoms with Gasteiger partial charge in [0.05, 0.1) is 13.7 Å². The highest BCUT2D eigenvalue weighted by molar-refractivity contribution is 7.12. The average molecular weight is 294 g/mol. The molecule has 0 aliphatic carbocycles. The largest absolute Gasteiger partial charge is 0.465 e. The van der Waals surface area contributed by atoms with Gasteiger partial charge in [0.2, 0.25) is 5.76 Å². The Morgan fingerprint density at radius 3 is 2.70 bits per heavy atom. The van der Waals surface area contributed by atoms with Crippen molar-refractivity contribution in [2.75, 3.05) is 13.7 Å². The molecule has 0 amide bonds. The first-order valence-electron chi connectivity index (χ1n) is 6.02. The number of hydrogen-bond acceptors (Lipinski definition) is 6. The summed E-state index contributed by atoms with van der Waals surface area (Å²) in [4.78, 5) is 23.8. The van der Waals surface area contributed by atoms with E-state index >= 15 is 0 Å². The summed E-state index contributed by atoms with van der Waals surface area (Å²) in [5.74, 6) is -0.381. The van der Waals surface area contributed by atoms with Gasteiger partial charge in [-0.1, -0.05) is 0 Å². The molecule has 0 N–H and O–H groups in total. The van der Waals surface area contributed by atoms with Gasteiger partial charge in [-0.3, -0.25) is 0 Å². The number of esters is 2. The van der Waals surface area contributed by atoms with Gasteiger partial charge in [-0.15, -0.1) is 11.3 Å². The lowest BCUT2D eigenvalue weighted by Gasteiger charge is -2.01. The number of ether oxygens (including phenoxy) is 2. The second-order valence-electron chi connectivity index (χ2n) is 4.00. The number of hydrogen-bond donors (Lipinski definition) is 0. The third-order valence-electron chi connectivity index (χ3n) is 2.67. The zero-order chi connectivity index (χ0) is 14.7. The van der Waals surface area contributed by atoms with Gasteiger partial charge in [-0.25, -0.2) is 9.59 Å². The molecule has 6 heteroatoms. The van der Waals surface area contributed by atoms with Crippen molar-refractivity contribution >= 4 is 23.3 Å². The Hall–Kier alpha value is -2.08. The highest BCUT2D eigenvalue weighted by Crippen LogP contribution is 2.34. The molecule has 2 aromatic heterocycles. The van der Waals surface area contributed by atoms with Gasteiger partial charge in [0.15, 0.2) is 0 Å². The summed E-state index contributed by atoms with van der Waals surface area (Å²) in [6, 6.07) is 3.18. The van der Waals surface area contributed by atoms with Crippen LogP contribution in [-0.2, 0) is 9.47 Å². The van der Waals surface area contributed by atoms with Crippen LogP contribution in [0.1, 0.15) is 32.7 Å². The second kappa shape index (κ2) is 5.92. The minimum absolute atomic E-state index is 0.114. The van der Waals surface area contributed by atoms with Crippen LogP contribution in [0.2, 0.25) is 0 Å². The fourth-order valence-corrected chi connectivity index (χ4v) is 2.75. The van der Waals surface area contributed by atoms with Gasteiger partial charge >= 0.3 is 11.9 Å². The molecule has 0 spiro atoms. The average Bonchev–Trinajstić information content (AvgIpc) is 3.04. The van der Waals surface area contributed by atoms with Crippen LogP contribution in [0, 0.1) is 6.92 Å². The number of furan rings is 1. The van der Waals surface area contributed by atoms with E-state index in [-0.39, 0.29) is 12.4 Å². The Morgan fingerprint density at radius 2 is 2.05 bits per heavy atom. The van der Waals surface area contributed by atoms with Gasteiger partial charge in [-0.2, -0.15) is 0 Å². The third-order valence-corrected chi connectivity index (χ3v) is 3.75. The van der Waals surface area contributed by atoms with E-state index in [1.54, 1.807) is 13.0 Å². The third kappa shape index (κ3) is 2.60. The lowest BCUT2D eigenvalue weighted by Crippen LogP contribution is -2.02. The van der Waals surface area contributed by atoms with Crippen LogP contribution < -0.4 is 0 Å². The van der Waals surface area contributed by atoms with E-state index in [1.807, 2.05) is 12.3 Å². The van der Waals surface area contributed by atoms with Gasteiger partial charge in [0.1, 0.15) is 10.6 Å². The normalized spacial score (nSPS) is 10.3. The van der Waals surface area contributed by atoms with E-state index in [4.69, 9.17) is 13.9 Å². The van der Waals surface area contributed by atoms with Crippen molar-refractivity contribution < 1.29 is 23.5 Å². The van der Waals surface area contributed by atoms with E-state index < -0.39 is 11.9 Å². The quantitative estimate of drug-likeness (QED) is 0.810. The van der Waals surface area contributed by atoms with Crippen LogP contribution >= 0.6 is 11.3 Å². The summed E-state index contributed by atoms with van der Waals surface area (Å²) in [6.45, 7) is 3.87. The highest BCUT2D eigenvalue weighted by Gasteiger charge is 2.22. The number of rotatable bonds is 4. The Morgan fingerprint density at radius 1 is 1.30 bits per heavy atom. The molecule has 106 valence electrons. The molecular formula is C14H14O5S.